The number of carbonyl (C=O) groups is 1. The molecule has 1 aliphatic heterocycles. The van der Waals surface area contributed by atoms with Crippen molar-refractivity contribution in [1.82, 2.24) is 4.98 Å². The molecule has 0 aliphatic carbocycles. The van der Waals surface area contributed by atoms with Crippen LogP contribution in [-0.4, -0.2) is 29.2 Å². The molecule has 3 N–H and O–H groups in total. The fourth-order valence-electron chi connectivity index (χ4n) is 2.96. The third-order valence-electron chi connectivity index (χ3n) is 4.19. The van der Waals surface area contributed by atoms with Gasteiger partial charge < -0.3 is 24.9 Å². The molecule has 0 atom stereocenters. The van der Waals surface area contributed by atoms with Crippen LogP contribution in [0.1, 0.15) is 22.3 Å². The summed E-state index contributed by atoms with van der Waals surface area (Å²) in [6.45, 7) is 0.784. The molecule has 1 aromatic heterocycles. The quantitative estimate of drug-likeness (QED) is 0.654. The van der Waals surface area contributed by atoms with Gasteiger partial charge in [0.25, 0.3) is 5.91 Å². The molecule has 1 amide bonds. The van der Waals surface area contributed by atoms with Gasteiger partial charge >= 0.3 is 0 Å². The first kappa shape index (κ1) is 16.8. The molecule has 0 fully saturated rings. The Morgan fingerprint density at radius 2 is 2.04 bits per heavy atom. The Kier molecular flexibility index (Phi) is 4.44. The topological polar surface area (TPSA) is 83.6 Å². The van der Waals surface area contributed by atoms with Gasteiger partial charge in [-0.15, -0.1) is 0 Å². The average molecular weight is 373 g/mol. The fraction of sp³-hybridized carbons (Fsp3) is 0.211. The van der Waals surface area contributed by atoms with Crippen molar-refractivity contribution in [3.05, 3.63) is 52.5 Å². The van der Waals surface area contributed by atoms with Gasteiger partial charge in [-0.05, 0) is 36.4 Å². The van der Waals surface area contributed by atoms with Crippen molar-refractivity contribution in [3.8, 4) is 11.5 Å². The number of aromatic amines is 1. The first-order valence-electron chi connectivity index (χ1n) is 8.27. The fourth-order valence-corrected chi connectivity index (χ4v) is 3.14. The van der Waals surface area contributed by atoms with Gasteiger partial charge in [-0.25, -0.2) is 0 Å². The first-order valence-corrected chi connectivity index (χ1v) is 8.65. The summed E-state index contributed by atoms with van der Waals surface area (Å²) in [7, 11) is 0. The summed E-state index contributed by atoms with van der Waals surface area (Å²) in [6, 6.07) is 10.5. The van der Waals surface area contributed by atoms with Gasteiger partial charge in [-0.1, -0.05) is 11.6 Å². The minimum absolute atomic E-state index is 0.238. The van der Waals surface area contributed by atoms with Crippen LogP contribution in [0.15, 0.2) is 36.4 Å². The second-order valence-corrected chi connectivity index (χ2v) is 6.48. The average Bonchev–Trinajstić information content (AvgIpc) is 2.86. The molecule has 0 radical (unpaired) electrons. The number of aromatic nitrogens is 1. The van der Waals surface area contributed by atoms with Crippen LogP contribution in [0.4, 0.5) is 5.82 Å². The Hall–Kier alpha value is -2.70. The standard InChI is InChI=1S/C19H17ClN2O4/c20-14-2-3-15-11(7-14)9-17(21-15)22-19(24)12-6-13(10-23)18-16(8-12)25-4-1-5-26-18/h2-3,6-9,21,23H,1,4-5,10H2,(H,22,24). The molecule has 0 saturated carbocycles. The monoisotopic (exact) mass is 372 g/mol. The molecule has 0 bridgehead atoms. The van der Waals surface area contributed by atoms with Crippen LogP contribution in [0.25, 0.3) is 10.9 Å². The normalized spacial score (nSPS) is 13.5. The summed E-state index contributed by atoms with van der Waals surface area (Å²) in [6.07, 6.45) is 0.749. The maximum atomic E-state index is 12.7. The van der Waals surface area contributed by atoms with E-state index in [2.05, 4.69) is 10.3 Å². The molecule has 2 heterocycles. The van der Waals surface area contributed by atoms with E-state index in [4.69, 9.17) is 21.1 Å². The van der Waals surface area contributed by atoms with Crippen molar-refractivity contribution in [3.63, 3.8) is 0 Å². The smallest absolute Gasteiger partial charge is 0.256 e. The minimum Gasteiger partial charge on any atom is -0.490 e. The second kappa shape index (κ2) is 6.90. The van der Waals surface area contributed by atoms with Crippen molar-refractivity contribution in [2.24, 2.45) is 0 Å². The molecule has 4 rings (SSSR count). The van der Waals surface area contributed by atoms with E-state index >= 15 is 0 Å². The van der Waals surface area contributed by atoms with Gasteiger partial charge in [0.05, 0.1) is 19.8 Å². The van der Waals surface area contributed by atoms with E-state index in [-0.39, 0.29) is 12.5 Å². The minimum atomic E-state index is -0.312. The van der Waals surface area contributed by atoms with Crippen molar-refractivity contribution in [2.75, 3.05) is 18.5 Å². The Bertz CT molecular complexity index is 983. The molecule has 2 aromatic carbocycles. The molecule has 134 valence electrons. The Balaban J connectivity index is 1.63. The largest absolute Gasteiger partial charge is 0.490 e. The Labute approximate surface area is 154 Å². The lowest BCUT2D eigenvalue weighted by molar-refractivity contribution is 0.102. The van der Waals surface area contributed by atoms with E-state index in [1.807, 2.05) is 18.2 Å². The molecule has 6 nitrogen and oxygen atoms in total. The van der Waals surface area contributed by atoms with Crippen LogP contribution in [0.3, 0.4) is 0 Å². The number of nitrogens with one attached hydrogen (secondary N) is 2. The second-order valence-electron chi connectivity index (χ2n) is 6.04. The number of aliphatic hydroxyl groups is 1. The number of H-pyrrole nitrogens is 1. The third-order valence-corrected chi connectivity index (χ3v) is 4.42. The lowest BCUT2D eigenvalue weighted by atomic mass is 10.1. The number of rotatable bonds is 3. The third kappa shape index (κ3) is 3.21. The van der Waals surface area contributed by atoms with Gasteiger partial charge in [-0.3, -0.25) is 4.79 Å². The van der Waals surface area contributed by atoms with E-state index in [1.54, 1.807) is 18.2 Å². The number of hydrogen-bond donors (Lipinski definition) is 3. The van der Waals surface area contributed by atoms with Gasteiger partial charge in [-0.2, -0.15) is 0 Å². The Morgan fingerprint density at radius 3 is 2.88 bits per heavy atom. The maximum Gasteiger partial charge on any atom is 0.256 e. The molecule has 0 spiro atoms. The van der Waals surface area contributed by atoms with Crippen LogP contribution in [0.5, 0.6) is 11.5 Å². The number of fused-ring (bicyclic) bond motifs is 2. The predicted molar refractivity (Wildman–Crippen MR) is 99.2 cm³/mol. The number of halogens is 1. The predicted octanol–water partition coefficient (Wildman–Crippen LogP) is 3.73. The van der Waals surface area contributed by atoms with Crippen molar-refractivity contribution in [2.45, 2.75) is 13.0 Å². The molecule has 7 heteroatoms. The summed E-state index contributed by atoms with van der Waals surface area (Å²) in [5.74, 6) is 1.22. The summed E-state index contributed by atoms with van der Waals surface area (Å²) in [5, 5.41) is 14.0. The van der Waals surface area contributed by atoms with E-state index in [9.17, 15) is 9.90 Å². The van der Waals surface area contributed by atoms with Gasteiger partial charge in [0.1, 0.15) is 5.82 Å². The number of hydrogen-bond acceptors (Lipinski definition) is 4. The van der Waals surface area contributed by atoms with Crippen LogP contribution in [0, 0.1) is 0 Å². The number of anilines is 1. The van der Waals surface area contributed by atoms with Crippen LogP contribution in [-0.2, 0) is 6.61 Å². The summed E-state index contributed by atoms with van der Waals surface area (Å²) < 4.78 is 11.3. The summed E-state index contributed by atoms with van der Waals surface area (Å²) in [5.41, 5.74) is 1.78. The number of aliphatic hydroxyl groups excluding tert-OH is 1. The number of benzene rings is 2. The van der Waals surface area contributed by atoms with Crippen LogP contribution < -0.4 is 14.8 Å². The Morgan fingerprint density at radius 1 is 1.19 bits per heavy atom. The summed E-state index contributed by atoms with van der Waals surface area (Å²) in [4.78, 5) is 15.8. The van der Waals surface area contributed by atoms with Crippen LogP contribution in [0.2, 0.25) is 5.02 Å². The van der Waals surface area contributed by atoms with Gasteiger partial charge in [0.2, 0.25) is 0 Å². The zero-order valence-electron chi connectivity index (χ0n) is 13.8. The lowest BCUT2D eigenvalue weighted by Crippen LogP contribution is -2.13. The zero-order chi connectivity index (χ0) is 18.1. The van der Waals surface area contributed by atoms with Gasteiger partial charge in [0.15, 0.2) is 11.5 Å². The number of amides is 1. The molecule has 3 aromatic rings. The SMILES string of the molecule is O=C(Nc1cc2cc(Cl)ccc2[nH]1)c1cc(CO)c2c(c1)OCCCO2. The molecule has 0 unspecified atom stereocenters. The number of ether oxygens (including phenoxy) is 2. The lowest BCUT2D eigenvalue weighted by Gasteiger charge is -2.13. The van der Waals surface area contributed by atoms with E-state index in [0.717, 1.165) is 17.3 Å². The van der Waals surface area contributed by atoms with Crippen molar-refractivity contribution < 1.29 is 19.4 Å². The molecule has 0 saturated heterocycles. The highest BCUT2D eigenvalue weighted by molar-refractivity contribution is 6.31. The van der Waals surface area contributed by atoms with E-state index in [1.165, 1.54) is 0 Å². The molecular weight excluding hydrogens is 356 g/mol. The maximum absolute atomic E-state index is 12.7. The van der Waals surface area contributed by atoms with Crippen molar-refractivity contribution in [1.29, 1.82) is 0 Å². The first-order chi connectivity index (χ1) is 12.6. The number of carbonyl (C=O) groups excluding carboxylic acids is 1. The molecule has 1 aliphatic rings. The summed E-state index contributed by atoms with van der Waals surface area (Å²) >= 11 is 5.99. The highest BCUT2D eigenvalue weighted by atomic mass is 35.5. The highest BCUT2D eigenvalue weighted by Crippen LogP contribution is 2.35. The highest BCUT2D eigenvalue weighted by Gasteiger charge is 2.19. The van der Waals surface area contributed by atoms with Crippen LogP contribution >= 0.6 is 11.6 Å². The van der Waals surface area contributed by atoms with E-state index in [0.29, 0.717) is 46.7 Å². The van der Waals surface area contributed by atoms with Crippen molar-refractivity contribution >= 4 is 34.2 Å². The van der Waals surface area contributed by atoms with Gasteiger partial charge in [0, 0.05) is 33.5 Å². The zero-order valence-corrected chi connectivity index (χ0v) is 14.6. The molecule has 26 heavy (non-hydrogen) atoms. The van der Waals surface area contributed by atoms with E-state index < -0.39 is 0 Å². The molecular formula is C19H17ClN2O4.